The van der Waals surface area contributed by atoms with E-state index in [0.29, 0.717) is 36.5 Å². The van der Waals surface area contributed by atoms with Gasteiger partial charge in [0, 0.05) is 18.9 Å². The van der Waals surface area contributed by atoms with Crippen LogP contribution in [-0.2, 0) is 24.5 Å². The minimum absolute atomic E-state index is 0.0774. The monoisotopic (exact) mass is 390 g/mol. The fraction of sp³-hybridized carbons (Fsp3) is 0.545. The van der Waals surface area contributed by atoms with Crippen molar-refractivity contribution in [1.29, 1.82) is 0 Å². The lowest BCUT2D eigenvalue weighted by molar-refractivity contribution is -0.155. The normalized spacial score (nSPS) is 19.6. The van der Waals surface area contributed by atoms with E-state index >= 15 is 0 Å². The molecule has 154 valence electrons. The van der Waals surface area contributed by atoms with E-state index in [2.05, 4.69) is 0 Å². The van der Waals surface area contributed by atoms with Gasteiger partial charge in [-0.1, -0.05) is 6.07 Å². The van der Waals surface area contributed by atoms with Crippen LogP contribution in [0.3, 0.4) is 0 Å². The van der Waals surface area contributed by atoms with Gasteiger partial charge in [0.1, 0.15) is 5.60 Å². The summed E-state index contributed by atoms with van der Waals surface area (Å²) in [5, 5.41) is 0. The molecule has 0 saturated heterocycles. The Kier molecular flexibility index (Phi) is 6.75. The first-order valence-electron chi connectivity index (χ1n) is 9.38. The molecule has 0 spiro atoms. The number of hydrogen-bond donors (Lipinski definition) is 0. The van der Waals surface area contributed by atoms with Crippen molar-refractivity contribution in [1.82, 2.24) is 0 Å². The van der Waals surface area contributed by atoms with Gasteiger partial charge >= 0.3 is 5.97 Å². The van der Waals surface area contributed by atoms with Gasteiger partial charge < -0.3 is 18.9 Å². The maximum Gasteiger partial charge on any atom is 0.306 e. The molecular formula is C22H30O6. The van der Waals surface area contributed by atoms with Crippen LogP contribution in [0.5, 0.6) is 11.5 Å². The lowest BCUT2D eigenvalue weighted by Gasteiger charge is -2.35. The molecule has 0 heterocycles. The predicted octanol–water partition coefficient (Wildman–Crippen LogP) is 3.96. The zero-order valence-electron chi connectivity index (χ0n) is 17.6. The van der Waals surface area contributed by atoms with E-state index in [-0.39, 0.29) is 18.2 Å². The van der Waals surface area contributed by atoms with Crippen molar-refractivity contribution in [3.8, 4) is 11.5 Å². The molecule has 0 fully saturated rings. The summed E-state index contributed by atoms with van der Waals surface area (Å²) in [7, 11) is 4.68. The van der Waals surface area contributed by atoms with Gasteiger partial charge in [-0.25, -0.2) is 0 Å². The highest BCUT2D eigenvalue weighted by atomic mass is 16.6. The van der Waals surface area contributed by atoms with Crippen LogP contribution in [0.25, 0.3) is 0 Å². The fourth-order valence-corrected chi connectivity index (χ4v) is 3.50. The van der Waals surface area contributed by atoms with Crippen molar-refractivity contribution in [3.05, 3.63) is 35.6 Å². The first-order chi connectivity index (χ1) is 13.1. The van der Waals surface area contributed by atoms with Gasteiger partial charge in [-0.15, -0.1) is 0 Å². The minimum atomic E-state index is -0.835. The van der Waals surface area contributed by atoms with E-state index < -0.39 is 11.0 Å². The molecule has 0 bridgehead atoms. The Morgan fingerprint density at radius 1 is 1.07 bits per heavy atom. The topological polar surface area (TPSA) is 71.1 Å². The van der Waals surface area contributed by atoms with Crippen molar-refractivity contribution in [2.24, 2.45) is 0 Å². The second kappa shape index (κ2) is 8.67. The van der Waals surface area contributed by atoms with Crippen molar-refractivity contribution < 1.29 is 28.5 Å². The van der Waals surface area contributed by atoms with Crippen LogP contribution in [0.1, 0.15) is 52.0 Å². The highest BCUT2D eigenvalue weighted by Crippen LogP contribution is 2.43. The number of ketones is 1. The SMILES string of the molecule is COC1=CC(=O)C(CCC(=O)OC(C)(C)C)(c2ccc(OC)c(OC)c2)CC1. The van der Waals surface area contributed by atoms with Gasteiger partial charge in [0.05, 0.1) is 32.5 Å². The molecule has 2 rings (SSSR count). The molecule has 6 heteroatoms. The Hall–Kier alpha value is -2.50. The fourth-order valence-electron chi connectivity index (χ4n) is 3.50. The van der Waals surface area contributed by atoms with E-state index in [4.69, 9.17) is 18.9 Å². The van der Waals surface area contributed by atoms with Crippen LogP contribution in [0.2, 0.25) is 0 Å². The van der Waals surface area contributed by atoms with Crippen LogP contribution >= 0.6 is 0 Å². The molecule has 1 aromatic rings. The highest BCUT2D eigenvalue weighted by Gasteiger charge is 2.42. The summed E-state index contributed by atoms with van der Waals surface area (Å²) in [4.78, 5) is 25.5. The van der Waals surface area contributed by atoms with Crippen LogP contribution in [-0.4, -0.2) is 38.7 Å². The molecule has 28 heavy (non-hydrogen) atoms. The zero-order chi connectivity index (χ0) is 20.9. The maximum absolute atomic E-state index is 13.2. The number of rotatable bonds is 7. The van der Waals surface area contributed by atoms with E-state index in [1.807, 2.05) is 32.9 Å². The third kappa shape index (κ3) is 4.86. The minimum Gasteiger partial charge on any atom is -0.501 e. The number of carbonyl (C=O) groups excluding carboxylic acids is 2. The Labute approximate surface area is 166 Å². The number of esters is 1. The summed E-state index contributed by atoms with van der Waals surface area (Å²) in [6, 6.07) is 5.46. The van der Waals surface area contributed by atoms with E-state index in [1.165, 1.54) is 6.08 Å². The van der Waals surface area contributed by atoms with Crippen molar-refractivity contribution in [2.45, 2.75) is 57.5 Å². The average Bonchev–Trinajstić information content (AvgIpc) is 2.65. The van der Waals surface area contributed by atoms with E-state index in [1.54, 1.807) is 27.4 Å². The summed E-state index contributed by atoms with van der Waals surface area (Å²) < 4.78 is 21.4. The Bertz CT molecular complexity index is 759. The molecule has 0 radical (unpaired) electrons. The molecule has 1 aromatic carbocycles. The van der Waals surface area contributed by atoms with E-state index in [0.717, 1.165) is 5.56 Å². The maximum atomic E-state index is 13.2. The van der Waals surface area contributed by atoms with Gasteiger partial charge in [-0.2, -0.15) is 0 Å². The highest BCUT2D eigenvalue weighted by molar-refractivity contribution is 6.00. The molecule has 0 N–H and O–H groups in total. The largest absolute Gasteiger partial charge is 0.501 e. The summed E-state index contributed by atoms with van der Waals surface area (Å²) >= 11 is 0. The molecule has 1 atom stereocenters. The number of hydrogen-bond acceptors (Lipinski definition) is 6. The third-order valence-electron chi connectivity index (χ3n) is 4.94. The van der Waals surface area contributed by atoms with Crippen molar-refractivity contribution in [2.75, 3.05) is 21.3 Å². The number of allylic oxidation sites excluding steroid dienone is 2. The zero-order valence-corrected chi connectivity index (χ0v) is 17.6. The molecule has 0 aromatic heterocycles. The summed E-state index contributed by atoms with van der Waals surface area (Å²) in [5.41, 5.74) is -0.601. The Morgan fingerprint density at radius 2 is 1.75 bits per heavy atom. The lowest BCUT2D eigenvalue weighted by Crippen LogP contribution is -2.39. The standard InChI is InChI=1S/C22H30O6/c1-21(2,3)28-20(24)10-12-22(11-9-16(25-4)14-19(22)23)15-7-8-17(26-5)18(13-15)27-6/h7-8,13-14H,9-12H2,1-6H3. The summed E-state index contributed by atoms with van der Waals surface area (Å²) in [6.45, 7) is 5.48. The second-order valence-electron chi connectivity index (χ2n) is 7.92. The number of benzene rings is 1. The van der Waals surface area contributed by atoms with Crippen molar-refractivity contribution >= 4 is 11.8 Å². The van der Waals surface area contributed by atoms with Gasteiger partial charge in [0.15, 0.2) is 17.3 Å². The molecule has 1 aliphatic carbocycles. The predicted molar refractivity (Wildman–Crippen MR) is 106 cm³/mol. The van der Waals surface area contributed by atoms with Crippen LogP contribution in [0.4, 0.5) is 0 Å². The molecular weight excluding hydrogens is 360 g/mol. The second-order valence-corrected chi connectivity index (χ2v) is 7.92. The van der Waals surface area contributed by atoms with Crippen LogP contribution in [0.15, 0.2) is 30.0 Å². The third-order valence-corrected chi connectivity index (χ3v) is 4.94. The number of methoxy groups -OCH3 is 3. The first-order valence-corrected chi connectivity index (χ1v) is 9.38. The quantitative estimate of drug-likeness (QED) is 0.657. The Morgan fingerprint density at radius 3 is 2.29 bits per heavy atom. The summed E-state index contributed by atoms with van der Waals surface area (Å²) in [6.07, 6.45) is 3.20. The molecule has 0 aliphatic heterocycles. The van der Waals surface area contributed by atoms with Gasteiger partial charge in [-0.3, -0.25) is 9.59 Å². The number of ether oxygens (including phenoxy) is 4. The summed E-state index contributed by atoms with van der Waals surface area (Å²) in [5.74, 6) is 1.39. The average molecular weight is 390 g/mol. The van der Waals surface area contributed by atoms with Gasteiger partial charge in [-0.05, 0) is 51.3 Å². The van der Waals surface area contributed by atoms with Crippen LogP contribution < -0.4 is 9.47 Å². The van der Waals surface area contributed by atoms with E-state index in [9.17, 15) is 9.59 Å². The van der Waals surface area contributed by atoms with Crippen LogP contribution in [0, 0.1) is 0 Å². The Balaban J connectivity index is 2.39. The van der Waals surface area contributed by atoms with Crippen molar-refractivity contribution in [3.63, 3.8) is 0 Å². The first kappa shape index (κ1) is 21.8. The lowest BCUT2D eigenvalue weighted by atomic mass is 9.67. The number of carbonyl (C=O) groups is 2. The molecule has 0 amide bonds. The molecule has 6 nitrogen and oxygen atoms in total. The molecule has 1 unspecified atom stereocenters. The van der Waals surface area contributed by atoms with Gasteiger partial charge in [0.2, 0.25) is 0 Å². The molecule has 0 saturated carbocycles. The molecule has 1 aliphatic rings. The smallest absolute Gasteiger partial charge is 0.306 e. The van der Waals surface area contributed by atoms with Gasteiger partial charge in [0.25, 0.3) is 0 Å².